The maximum absolute atomic E-state index is 11.1. The molecule has 5 nitrogen and oxygen atoms in total. The van der Waals surface area contributed by atoms with E-state index in [9.17, 15) is 8.42 Å². The lowest BCUT2D eigenvalue weighted by Gasteiger charge is -2.31. The average Bonchev–Trinajstić information content (AvgIpc) is 2.33. The van der Waals surface area contributed by atoms with E-state index in [0.717, 1.165) is 38.0 Å². The predicted molar refractivity (Wildman–Crippen MR) is 75.2 cm³/mol. The van der Waals surface area contributed by atoms with Crippen molar-refractivity contribution in [1.82, 2.24) is 9.88 Å². The van der Waals surface area contributed by atoms with E-state index in [1.807, 2.05) is 6.07 Å². The molecule has 0 aromatic carbocycles. The molecule has 1 aliphatic rings. The van der Waals surface area contributed by atoms with Crippen LogP contribution >= 0.6 is 11.6 Å². The smallest absolute Gasteiger partial charge is 0.209 e. The van der Waals surface area contributed by atoms with Crippen LogP contribution in [-0.2, 0) is 16.6 Å². The van der Waals surface area contributed by atoms with E-state index >= 15 is 0 Å². The van der Waals surface area contributed by atoms with Crippen LogP contribution in [0.4, 0.5) is 0 Å². The Balaban J connectivity index is 1.86. The standard InChI is InChI=1S/C12H18ClN3O2S/c13-12-7-15-4-1-11(12)8-16-5-2-10(3-6-16)9-19(14,17)18/h1,4,7,10H,2-3,5-6,8-9H2,(H2,14,17,18). The molecule has 1 aromatic rings. The van der Waals surface area contributed by atoms with Gasteiger partial charge in [-0.05, 0) is 43.5 Å². The number of hydrogen-bond donors (Lipinski definition) is 1. The summed E-state index contributed by atoms with van der Waals surface area (Å²) in [5, 5.41) is 5.75. The molecule has 1 fully saturated rings. The number of aromatic nitrogens is 1. The Bertz CT molecular complexity index is 528. The fourth-order valence-corrected chi connectivity index (χ4v) is 3.58. The van der Waals surface area contributed by atoms with Gasteiger partial charge < -0.3 is 0 Å². The number of piperidine rings is 1. The number of pyridine rings is 1. The van der Waals surface area contributed by atoms with Gasteiger partial charge in [-0.25, -0.2) is 13.6 Å². The number of primary sulfonamides is 1. The van der Waals surface area contributed by atoms with E-state index in [4.69, 9.17) is 16.7 Å². The number of nitrogens with two attached hydrogens (primary N) is 1. The van der Waals surface area contributed by atoms with Crippen LogP contribution in [0.3, 0.4) is 0 Å². The van der Waals surface area contributed by atoms with Crippen molar-refractivity contribution in [2.45, 2.75) is 19.4 Å². The van der Waals surface area contributed by atoms with Crippen molar-refractivity contribution in [2.24, 2.45) is 11.1 Å². The van der Waals surface area contributed by atoms with E-state index in [1.165, 1.54) is 0 Å². The zero-order chi connectivity index (χ0) is 13.9. The van der Waals surface area contributed by atoms with E-state index < -0.39 is 10.0 Å². The van der Waals surface area contributed by atoms with Crippen LogP contribution < -0.4 is 5.14 Å². The lowest BCUT2D eigenvalue weighted by molar-refractivity contribution is 0.186. The zero-order valence-corrected chi connectivity index (χ0v) is 12.2. The average molecular weight is 304 g/mol. The SMILES string of the molecule is NS(=O)(=O)CC1CCN(Cc2ccncc2Cl)CC1. The van der Waals surface area contributed by atoms with Crippen molar-refractivity contribution in [2.75, 3.05) is 18.8 Å². The summed E-state index contributed by atoms with van der Waals surface area (Å²) in [7, 11) is -3.35. The van der Waals surface area contributed by atoms with Gasteiger partial charge in [0.25, 0.3) is 0 Å². The molecule has 0 unspecified atom stereocenters. The fraction of sp³-hybridized carbons (Fsp3) is 0.583. The maximum Gasteiger partial charge on any atom is 0.209 e. The molecule has 7 heteroatoms. The van der Waals surface area contributed by atoms with Crippen LogP contribution in [-0.4, -0.2) is 37.1 Å². The first-order valence-corrected chi connectivity index (χ1v) is 8.34. The minimum Gasteiger partial charge on any atom is -0.299 e. The minimum absolute atomic E-state index is 0.0941. The van der Waals surface area contributed by atoms with Gasteiger partial charge in [0.05, 0.1) is 10.8 Å². The van der Waals surface area contributed by atoms with Crippen LogP contribution in [0.2, 0.25) is 5.02 Å². The topological polar surface area (TPSA) is 76.3 Å². The highest BCUT2D eigenvalue weighted by molar-refractivity contribution is 7.89. The van der Waals surface area contributed by atoms with Gasteiger partial charge in [0.15, 0.2) is 0 Å². The molecule has 0 radical (unpaired) electrons. The molecule has 2 heterocycles. The number of hydrogen-bond acceptors (Lipinski definition) is 4. The maximum atomic E-state index is 11.1. The first-order valence-electron chi connectivity index (χ1n) is 6.25. The summed E-state index contributed by atoms with van der Waals surface area (Å²) in [6.45, 7) is 2.53. The molecule has 1 saturated heterocycles. The van der Waals surface area contributed by atoms with Gasteiger partial charge in [0.2, 0.25) is 10.0 Å². The molecule has 0 bridgehead atoms. The summed E-state index contributed by atoms with van der Waals surface area (Å²) >= 11 is 6.07. The fourth-order valence-electron chi connectivity index (χ4n) is 2.41. The third-order valence-corrected chi connectivity index (χ3v) is 4.70. The van der Waals surface area contributed by atoms with Gasteiger partial charge in [-0.1, -0.05) is 11.6 Å². The lowest BCUT2D eigenvalue weighted by atomic mass is 9.98. The molecule has 0 atom stereocenters. The van der Waals surface area contributed by atoms with Gasteiger partial charge in [-0.3, -0.25) is 9.88 Å². The molecule has 1 aromatic heterocycles. The minimum atomic E-state index is -3.35. The second kappa shape index (κ2) is 6.17. The van der Waals surface area contributed by atoms with Crippen LogP contribution in [0.5, 0.6) is 0 Å². The second-order valence-corrected chi connectivity index (χ2v) is 7.08. The highest BCUT2D eigenvalue weighted by Gasteiger charge is 2.22. The summed E-state index contributed by atoms with van der Waals surface area (Å²) in [6.07, 6.45) is 5.10. The summed E-state index contributed by atoms with van der Waals surface area (Å²) in [6, 6.07) is 1.92. The predicted octanol–water partition coefficient (Wildman–Crippen LogP) is 1.24. The largest absolute Gasteiger partial charge is 0.299 e. The Labute approximate surface area is 118 Å². The monoisotopic (exact) mass is 303 g/mol. The van der Waals surface area contributed by atoms with Crippen molar-refractivity contribution >= 4 is 21.6 Å². The third kappa shape index (κ3) is 4.72. The summed E-state index contributed by atoms with van der Waals surface area (Å²) in [4.78, 5) is 6.24. The number of halogens is 1. The molecular formula is C12H18ClN3O2S. The quantitative estimate of drug-likeness (QED) is 0.908. The molecule has 0 spiro atoms. The van der Waals surface area contributed by atoms with Gasteiger partial charge in [0.1, 0.15) is 0 Å². The third-order valence-electron chi connectivity index (χ3n) is 3.43. The Morgan fingerprint density at radius 3 is 2.68 bits per heavy atom. The molecule has 2 rings (SSSR count). The van der Waals surface area contributed by atoms with Crippen molar-refractivity contribution in [1.29, 1.82) is 0 Å². The van der Waals surface area contributed by atoms with Crippen LogP contribution in [0.25, 0.3) is 0 Å². The second-order valence-electron chi connectivity index (χ2n) is 5.02. The number of likely N-dealkylation sites (tertiary alicyclic amines) is 1. The lowest BCUT2D eigenvalue weighted by Crippen LogP contribution is -2.36. The number of nitrogens with zero attached hydrogens (tertiary/aromatic N) is 2. The molecule has 1 aliphatic heterocycles. The van der Waals surface area contributed by atoms with Gasteiger partial charge >= 0.3 is 0 Å². The molecule has 0 saturated carbocycles. The molecule has 0 aliphatic carbocycles. The van der Waals surface area contributed by atoms with E-state index in [2.05, 4.69) is 9.88 Å². The van der Waals surface area contributed by atoms with E-state index in [1.54, 1.807) is 12.4 Å². The Kier molecular flexibility index (Phi) is 4.78. The number of sulfonamides is 1. The first kappa shape index (κ1) is 14.7. The van der Waals surface area contributed by atoms with Gasteiger partial charge in [-0.2, -0.15) is 0 Å². The van der Waals surface area contributed by atoms with Crippen molar-refractivity contribution in [3.05, 3.63) is 29.0 Å². The van der Waals surface area contributed by atoms with Crippen molar-refractivity contribution in [3.63, 3.8) is 0 Å². The van der Waals surface area contributed by atoms with Gasteiger partial charge in [-0.15, -0.1) is 0 Å². The molecular weight excluding hydrogens is 286 g/mol. The van der Waals surface area contributed by atoms with Gasteiger partial charge in [0, 0.05) is 18.9 Å². The zero-order valence-electron chi connectivity index (χ0n) is 10.6. The number of rotatable bonds is 4. The van der Waals surface area contributed by atoms with Crippen molar-refractivity contribution < 1.29 is 8.42 Å². The van der Waals surface area contributed by atoms with E-state index in [-0.39, 0.29) is 11.7 Å². The van der Waals surface area contributed by atoms with Crippen molar-refractivity contribution in [3.8, 4) is 0 Å². The molecule has 106 valence electrons. The Morgan fingerprint density at radius 2 is 2.11 bits per heavy atom. The van der Waals surface area contributed by atoms with Crippen LogP contribution in [0.1, 0.15) is 18.4 Å². The van der Waals surface area contributed by atoms with E-state index in [0.29, 0.717) is 5.02 Å². The molecule has 2 N–H and O–H groups in total. The summed E-state index contributed by atoms with van der Waals surface area (Å²) in [5.41, 5.74) is 1.06. The molecule has 19 heavy (non-hydrogen) atoms. The molecule has 0 amide bonds. The highest BCUT2D eigenvalue weighted by atomic mass is 35.5. The summed E-state index contributed by atoms with van der Waals surface area (Å²) in [5.74, 6) is 0.274. The Morgan fingerprint density at radius 1 is 1.42 bits per heavy atom. The Hall–Kier alpha value is -0.690. The van der Waals surface area contributed by atoms with Crippen LogP contribution in [0.15, 0.2) is 18.5 Å². The van der Waals surface area contributed by atoms with Crippen LogP contribution in [0, 0.1) is 5.92 Å². The summed E-state index contributed by atoms with van der Waals surface area (Å²) < 4.78 is 22.1. The first-order chi connectivity index (χ1) is 8.94. The highest BCUT2D eigenvalue weighted by Crippen LogP contribution is 2.22. The normalized spacial score (nSPS) is 18.6.